The third-order valence-corrected chi connectivity index (χ3v) is 1.79. The van der Waals surface area contributed by atoms with Gasteiger partial charge in [0.2, 0.25) is 11.8 Å². The first-order valence-electron chi connectivity index (χ1n) is 5.19. The molecule has 0 spiro atoms. The van der Waals surface area contributed by atoms with Gasteiger partial charge in [0.05, 0.1) is 13.0 Å². The van der Waals surface area contributed by atoms with E-state index in [0.717, 1.165) is 0 Å². The van der Waals surface area contributed by atoms with Crippen molar-refractivity contribution in [3.05, 3.63) is 0 Å². The Morgan fingerprint density at radius 2 is 1.83 bits per heavy atom. The first-order valence-corrected chi connectivity index (χ1v) is 5.19. The number of carboxylic acid groups (broad SMARTS) is 1. The van der Waals surface area contributed by atoms with E-state index in [2.05, 4.69) is 10.6 Å². The normalized spacial score (nSPS) is 11.2. The largest absolute Gasteiger partial charge is 0.480 e. The van der Waals surface area contributed by atoms with Crippen LogP contribution in [0.25, 0.3) is 0 Å². The summed E-state index contributed by atoms with van der Waals surface area (Å²) in [7, 11) is 0. The van der Waals surface area contributed by atoms with Crippen LogP contribution in [0, 0.1) is 0 Å². The molecule has 0 bridgehead atoms. The average molecular weight is 260 g/mol. The van der Waals surface area contributed by atoms with Gasteiger partial charge >= 0.3 is 12.0 Å². The van der Waals surface area contributed by atoms with Gasteiger partial charge in [0.25, 0.3) is 0 Å². The van der Waals surface area contributed by atoms with Crippen LogP contribution in [-0.2, 0) is 14.4 Å². The van der Waals surface area contributed by atoms with Crippen LogP contribution in [0.3, 0.4) is 0 Å². The summed E-state index contributed by atoms with van der Waals surface area (Å²) in [5, 5.41) is 15.3. The Balaban J connectivity index is 4.14. The second-order valence-electron chi connectivity index (χ2n) is 3.34. The van der Waals surface area contributed by atoms with Gasteiger partial charge in [-0.2, -0.15) is 0 Å². The van der Waals surface area contributed by atoms with Crippen molar-refractivity contribution in [1.82, 2.24) is 16.0 Å². The molecule has 6 N–H and O–H groups in total. The molecule has 102 valence electrons. The Hall–Kier alpha value is -2.32. The quantitative estimate of drug-likeness (QED) is 0.350. The maximum Gasteiger partial charge on any atom is 0.326 e. The number of primary amides is 1. The van der Waals surface area contributed by atoms with Crippen molar-refractivity contribution in [2.24, 2.45) is 5.73 Å². The number of rotatable bonds is 7. The van der Waals surface area contributed by atoms with Gasteiger partial charge in [-0.1, -0.05) is 0 Å². The number of likely N-dealkylation sites (N-methyl/N-ethyl adjacent to an activating group) is 1. The predicted octanol–water partition coefficient (Wildman–Crippen LogP) is -2.25. The van der Waals surface area contributed by atoms with Gasteiger partial charge in [0.15, 0.2) is 0 Å². The highest BCUT2D eigenvalue weighted by Crippen LogP contribution is 1.91. The lowest BCUT2D eigenvalue weighted by Crippen LogP contribution is -2.49. The number of amides is 4. The summed E-state index contributed by atoms with van der Waals surface area (Å²) < 4.78 is 0. The van der Waals surface area contributed by atoms with E-state index in [1.807, 2.05) is 5.32 Å². The SMILES string of the molecule is CCNC(=O)CNC(=O)N[C@@H](CC(N)=O)C(=O)O. The number of nitrogens with one attached hydrogen (secondary N) is 3. The van der Waals surface area contributed by atoms with Crippen molar-refractivity contribution in [2.45, 2.75) is 19.4 Å². The maximum absolute atomic E-state index is 11.2. The Morgan fingerprint density at radius 1 is 1.22 bits per heavy atom. The zero-order chi connectivity index (χ0) is 14.1. The lowest BCUT2D eigenvalue weighted by Gasteiger charge is -2.13. The molecule has 0 aliphatic carbocycles. The summed E-state index contributed by atoms with van der Waals surface area (Å²) in [5.74, 6) is -2.65. The molecular weight excluding hydrogens is 244 g/mol. The minimum absolute atomic E-state index is 0.289. The van der Waals surface area contributed by atoms with Gasteiger partial charge in [-0.25, -0.2) is 9.59 Å². The molecule has 0 aliphatic rings. The minimum atomic E-state index is -1.42. The molecule has 0 heterocycles. The van der Waals surface area contributed by atoms with Crippen molar-refractivity contribution >= 4 is 23.8 Å². The fourth-order valence-corrected chi connectivity index (χ4v) is 1.03. The Kier molecular flexibility index (Phi) is 6.86. The van der Waals surface area contributed by atoms with E-state index in [1.54, 1.807) is 6.92 Å². The number of nitrogens with two attached hydrogens (primary N) is 1. The summed E-state index contributed by atoms with van der Waals surface area (Å²) in [5.41, 5.74) is 4.83. The monoisotopic (exact) mass is 260 g/mol. The third-order valence-electron chi connectivity index (χ3n) is 1.79. The second-order valence-corrected chi connectivity index (χ2v) is 3.34. The average Bonchev–Trinajstić information content (AvgIpc) is 2.25. The van der Waals surface area contributed by atoms with Crippen LogP contribution in [0.4, 0.5) is 4.79 Å². The number of urea groups is 1. The van der Waals surface area contributed by atoms with E-state index in [-0.39, 0.29) is 6.54 Å². The summed E-state index contributed by atoms with van der Waals surface area (Å²) in [6.45, 7) is 1.84. The third kappa shape index (κ3) is 7.04. The number of carbonyl (C=O) groups is 4. The standard InChI is InChI=1S/C9H16N4O5/c1-2-11-7(15)4-12-9(18)13-5(8(16)17)3-6(10)14/h5H,2-4H2,1H3,(H2,10,14)(H,11,15)(H,16,17)(H2,12,13,18)/t5-/m0/s1. The molecule has 0 aliphatic heterocycles. The molecule has 0 aromatic heterocycles. The van der Waals surface area contributed by atoms with E-state index in [9.17, 15) is 19.2 Å². The molecule has 9 nitrogen and oxygen atoms in total. The predicted molar refractivity (Wildman–Crippen MR) is 60.5 cm³/mol. The molecule has 0 rings (SSSR count). The molecule has 0 saturated heterocycles. The Morgan fingerprint density at radius 3 is 2.28 bits per heavy atom. The lowest BCUT2D eigenvalue weighted by molar-refractivity contribution is -0.140. The fourth-order valence-electron chi connectivity index (χ4n) is 1.03. The van der Waals surface area contributed by atoms with Crippen LogP contribution >= 0.6 is 0 Å². The Bertz CT molecular complexity index is 344. The molecule has 0 aromatic rings. The lowest BCUT2D eigenvalue weighted by atomic mass is 10.2. The zero-order valence-corrected chi connectivity index (χ0v) is 9.86. The van der Waals surface area contributed by atoms with Gasteiger partial charge in [-0.15, -0.1) is 0 Å². The molecule has 0 radical (unpaired) electrons. The van der Waals surface area contributed by atoms with Crippen molar-refractivity contribution in [3.8, 4) is 0 Å². The van der Waals surface area contributed by atoms with Gasteiger partial charge in [-0.05, 0) is 6.92 Å². The highest BCUT2D eigenvalue weighted by molar-refractivity contribution is 5.89. The van der Waals surface area contributed by atoms with Crippen LogP contribution in [0.5, 0.6) is 0 Å². The highest BCUT2D eigenvalue weighted by Gasteiger charge is 2.22. The van der Waals surface area contributed by atoms with Gasteiger partial charge in [-0.3, -0.25) is 9.59 Å². The highest BCUT2D eigenvalue weighted by atomic mass is 16.4. The van der Waals surface area contributed by atoms with Gasteiger partial charge < -0.3 is 26.8 Å². The summed E-state index contributed by atoms with van der Waals surface area (Å²) in [6, 6.07) is -2.29. The Labute approximate surface area is 103 Å². The van der Waals surface area contributed by atoms with Crippen LogP contribution in [-0.4, -0.2) is 48.1 Å². The molecule has 0 unspecified atom stereocenters. The van der Waals surface area contributed by atoms with Crippen molar-refractivity contribution in [2.75, 3.05) is 13.1 Å². The number of hydrogen-bond donors (Lipinski definition) is 5. The van der Waals surface area contributed by atoms with E-state index in [0.29, 0.717) is 6.54 Å². The van der Waals surface area contributed by atoms with Crippen LogP contribution < -0.4 is 21.7 Å². The first kappa shape index (κ1) is 15.7. The van der Waals surface area contributed by atoms with E-state index in [1.165, 1.54) is 0 Å². The fraction of sp³-hybridized carbons (Fsp3) is 0.556. The summed E-state index contributed by atoms with van der Waals surface area (Å²) in [6.07, 6.45) is -0.524. The molecule has 0 fully saturated rings. The number of aliphatic carboxylic acids is 1. The number of carbonyl (C=O) groups excluding carboxylic acids is 3. The van der Waals surface area contributed by atoms with Crippen molar-refractivity contribution < 1.29 is 24.3 Å². The minimum Gasteiger partial charge on any atom is -0.480 e. The first-order chi connectivity index (χ1) is 8.36. The number of hydrogen-bond acceptors (Lipinski definition) is 4. The zero-order valence-electron chi connectivity index (χ0n) is 9.86. The molecule has 9 heteroatoms. The topological polar surface area (TPSA) is 151 Å². The van der Waals surface area contributed by atoms with Crippen molar-refractivity contribution in [1.29, 1.82) is 0 Å². The van der Waals surface area contributed by atoms with E-state index >= 15 is 0 Å². The molecular formula is C9H16N4O5. The van der Waals surface area contributed by atoms with Crippen LogP contribution in [0.1, 0.15) is 13.3 Å². The van der Waals surface area contributed by atoms with E-state index < -0.39 is 36.3 Å². The summed E-state index contributed by atoms with van der Waals surface area (Å²) in [4.78, 5) is 43.5. The van der Waals surface area contributed by atoms with Crippen LogP contribution in [0.15, 0.2) is 0 Å². The van der Waals surface area contributed by atoms with Crippen molar-refractivity contribution in [3.63, 3.8) is 0 Å². The molecule has 4 amide bonds. The van der Waals surface area contributed by atoms with Crippen LogP contribution in [0.2, 0.25) is 0 Å². The number of carboxylic acids is 1. The molecule has 18 heavy (non-hydrogen) atoms. The molecule has 0 saturated carbocycles. The van der Waals surface area contributed by atoms with E-state index in [4.69, 9.17) is 10.8 Å². The molecule has 1 atom stereocenters. The van der Waals surface area contributed by atoms with Gasteiger partial charge in [0.1, 0.15) is 6.04 Å². The summed E-state index contributed by atoms with van der Waals surface area (Å²) >= 11 is 0. The van der Waals surface area contributed by atoms with Gasteiger partial charge in [0, 0.05) is 6.54 Å². The smallest absolute Gasteiger partial charge is 0.326 e. The molecule has 0 aromatic carbocycles. The second kappa shape index (κ2) is 7.87. The maximum atomic E-state index is 11.2.